The predicted octanol–water partition coefficient (Wildman–Crippen LogP) is -1.74. The number of hydrogen-bond donors (Lipinski definition) is 7. The third kappa shape index (κ3) is 10.4. The molecule has 0 aromatic rings. The zero-order valence-electron chi connectivity index (χ0n) is 17.6. The Labute approximate surface area is 178 Å². The van der Waals surface area contributed by atoms with Crippen LogP contribution in [0.2, 0.25) is 0 Å². The molecule has 0 saturated heterocycles. The lowest BCUT2D eigenvalue weighted by atomic mass is 9.99. The maximum Gasteiger partial charge on any atom is 0.326 e. The normalized spacial score (nSPS) is 15.5. The van der Waals surface area contributed by atoms with Gasteiger partial charge in [-0.2, -0.15) is 0 Å². The number of carboxylic acid groups (broad SMARTS) is 3. The van der Waals surface area contributed by atoms with Gasteiger partial charge in [-0.25, -0.2) is 4.79 Å². The van der Waals surface area contributed by atoms with Crippen LogP contribution in [-0.2, 0) is 28.8 Å². The fraction of sp³-hybridized carbons (Fsp3) is 0.667. The summed E-state index contributed by atoms with van der Waals surface area (Å²) in [5.41, 5.74) is 5.44. The minimum atomic E-state index is -1.47. The fourth-order valence-electron chi connectivity index (χ4n) is 2.44. The van der Waals surface area contributed by atoms with E-state index >= 15 is 0 Å². The van der Waals surface area contributed by atoms with Gasteiger partial charge in [-0.15, -0.1) is 0 Å². The summed E-state index contributed by atoms with van der Waals surface area (Å²) in [6.07, 6.45) is -1.06. The van der Waals surface area contributed by atoms with Crippen LogP contribution in [-0.4, -0.2) is 75.1 Å². The van der Waals surface area contributed by atoms with Crippen LogP contribution in [0.5, 0.6) is 0 Å². The van der Waals surface area contributed by atoms with E-state index in [9.17, 15) is 33.9 Å². The quantitative estimate of drug-likeness (QED) is 0.159. The first-order valence-corrected chi connectivity index (χ1v) is 9.63. The van der Waals surface area contributed by atoms with Gasteiger partial charge >= 0.3 is 17.9 Å². The number of carbonyl (C=O) groups is 6. The molecule has 0 radical (unpaired) electrons. The average Bonchev–Trinajstić information content (AvgIpc) is 2.66. The van der Waals surface area contributed by atoms with Gasteiger partial charge in [0, 0.05) is 6.42 Å². The van der Waals surface area contributed by atoms with Gasteiger partial charge < -0.3 is 37.0 Å². The lowest BCUT2D eigenvalue weighted by Crippen LogP contribution is -2.57. The fourth-order valence-corrected chi connectivity index (χ4v) is 2.44. The molecule has 0 rings (SSSR count). The van der Waals surface area contributed by atoms with E-state index in [1.807, 2.05) is 0 Å². The molecular weight excluding hydrogens is 416 g/mol. The number of nitrogens with one attached hydrogen (secondary N) is 3. The highest BCUT2D eigenvalue weighted by Crippen LogP contribution is 2.08. The van der Waals surface area contributed by atoms with Crippen molar-refractivity contribution in [2.24, 2.45) is 11.7 Å². The monoisotopic (exact) mass is 446 g/mol. The zero-order chi connectivity index (χ0) is 24.3. The molecule has 8 N–H and O–H groups in total. The molecule has 0 fully saturated rings. The Kier molecular flexibility index (Phi) is 11.8. The van der Waals surface area contributed by atoms with E-state index in [1.54, 1.807) is 13.8 Å². The molecule has 0 aliphatic heterocycles. The van der Waals surface area contributed by atoms with E-state index in [-0.39, 0.29) is 12.3 Å². The van der Waals surface area contributed by atoms with Crippen molar-refractivity contribution in [3.05, 3.63) is 0 Å². The molecule has 13 nitrogen and oxygen atoms in total. The van der Waals surface area contributed by atoms with Crippen LogP contribution < -0.4 is 21.7 Å². The molecule has 0 aliphatic carbocycles. The van der Waals surface area contributed by atoms with Gasteiger partial charge in [-0.1, -0.05) is 20.3 Å². The summed E-state index contributed by atoms with van der Waals surface area (Å²) >= 11 is 0. The summed E-state index contributed by atoms with van der Waals surface area (Å²) in [4.78, 5) is 69.6. The molecule has 0 aromatic carbocycles. The maximum absolute atomic E-state index is 12.5. The number of aliphatic carboxylic acids is 3. The first-order valence-electron chi connectivity index (χ1n) is 9.63. The van der Waals surface area contributed by atoms with Crippen LogP contribution in [0.3, 0.4) is 0 Å². The highest BCUT2D eigenvalue weighted by atomic mass is 16.4. The molecule has 0 aromatic heterocycles. The Morgan fingerprint density at radius 3 is 1.87 bits per heavy atom. The molecule has 0 heterocycles. The van der Waals surface area contributed by atoms with E-state index in [4.69, 9.17) is 15.9 Å². The third-order valence-electron chi connectivity index (χ3n) is 4.54. The first-order chi connectivity index (χ1) is 14.3. The number of nitrogens with two attached hydrogens (primary N) is 1. The second kappa shape index (κ2) is 13.2. The minimum Gasteiger partial charge on any atom is -0.481 e. The van der Waals surface area contributed by atoms with Crippen LogP contribution in [0.25, 0.3) is 0 Å². The number of amides is 3. The molecule has 5 unspecified atom stereocenters. The third-order valence-corrected chi connectivity index (χ3v) is 4.54. The number of hydrogen-bond acceptors (Lipinski definition) is 7. The predicted molar refractivity (Wildman–Crippen MR) is 106 cm³/mol. The summed E-state index contributed by atoms with van der Waals surface area (Å²) < 4.78 is 0. The molecule has 3 amide bonds. The first kappa shape index (κ1) is 27.8. The van der Waals surface area contributed by atoms with Gasteiger partial charge in [0.15, 0.2) is 0 Å². The van der Waals surface area contributed by atoms with Gasteiger partial charge in [0.25, 0.3) is 0 Å². The maximum atomic E-state index is 12.5. The summed E-state index contributed by atoms with van der Waals surface area (Å²) in [6.45, 7) is 4.68. The van der Waals surface area contributed by atoms with E-state index in [2.05, 4.69) is 16.0 Å². The summed E-state index contributed by atoms with van der Waals surface area (Å²) in [5.74, 6) is -6.86. The highest BCUT2D eigenvalue weighted by molar-refractivity contribution is 5.94. The topological polar surface area (TPSA) is 225 Å². The van der Waals surface area contributed by atoms with Crippen LogP contribution in [0.1, 0.15) is 46.5 Å². The van der Waals surface area contributed by atoms with Crippen LogP contribution in [0.4, 0.5) is 0 Å². The summed E-state index contributed by atoms with van der Waals surface area (Å²) in [5, 5.41) is 33.6. The van der Waals surface area contributed by atoms with Gasteiger partial charge in [-0.05, 0) is 19.3 Å². The molecule has 31 heavy (non-hydrogen) atoms. The molecule has 0 aliphatic rings. The van der Waals surface area contributed by atoms with Crippen LogP contribution in [0, 0.1) is 5.92 Å². The van der Waals surface area contributed by atoms with Gasteiger partial charge in [0.05, 0.1) is 12.5 Å². The molecular formula is C18H30N4O9. The summed E-state index contributed by atoms with van der Waals surface area (Å²) in [6, 6.07) is -5.24. The van der Waals surface area contributed by atoms with Crippen molar-refractivity contribution in [3.63, 3.8) is 0 Å². The largest absolute Gasteiger partial charge is 0.481 e. The molecule has 0 spiro atoms. The van der Waals surface area contributed by atoms with Gasteiger partial charge in [0.1, 0.15) is 18.1 Å². The second-order valence-electron chi connectivity index (χ2n) is 7.14. The molecule has 13 heteroatoms. The van der Waals surface area contributed by atoms with Gasteiger partial charge in [-0.3, -0.25) is 24.0 Å². The Balaban J connectivity index is 5.19. The molecule has 0 saturated carbocycles. The molecule has 5 atom stereocenters. The van der Waals surface area contributed by atoms with Gasteiger partial charge in [0.2, 0.25) is 17.7 Å². The Morgan fingerprint density at radius 1 is 0.839 bits per heavy atom. The lowest BCUT2D eigenvalue weighted by Gasteiger charge is -2.24. The Hall–Kier alpha value is -3.22. The zero-order valence-corrected chi connectivity index (χ0v) is 17.6. The SMILES string of the molecule is CCC(C)C(NC(=O)C(C)NC(=O)C(CCC(=O)O)NC(=O)C(N)CC(=O)O)C(=O)O. The van der Waals surface area contributed by atoms with Crippen molar-refractivity contribution >= 4 is 35.6 Å². The lowest BCUT2D eigenvalue weighted by molar-refractivity contribution is -0.143. The highest BCUT2D eigenvalue weighted by Gasteiger charge is 2.30. The molecule has 176 valence electrons. The van der Waals surface area contributed by atoms with Crippen molar-refractivity contribution in [3.8, 4) is 0 Å². The van der Waals surface area contributed by atoms with Crippen molar-refractivity contribution < 1.29 is 44.1 Å². The number of carbonyl (C=O) groups excluding carboxylic acids is 3. The number of rotatable bonds is 14. The average molecular weight is 446 g/mol. The van der Waals surface area contributed by atoms with Crippen molar-refractivity contribution in [2.45, 2.75) is 70.6 Å². The van der Waals surface area contributed by atoms with Crippen molar-refractivity contribution in [1.29, 1.82) is 0 Å². The Bertz CT molecular complexity index is 698. The van der Waals surface area contributed by atoms with E-state index in [0.29, 0.717) is 6.42 Å². The van der Waals surface area contributed by atoms with E-state index in [0.717, 1.165) is 0 Å². The second-order valence-corrected chi connectivity index (χ2v) is 7.14. The number of carboxylic acids is 3. The smallest absolute Gasteiger partial charge is 0.326 e. The summed E-state index contributed by atoms with van der Waals surface area (Å²) in [7, 11) is 0. The molecule has 0 bridgehead atoms. The van der Waals surface area contributed by atoms with Crippen molar-refractivity contribution in [2.75, 3.05) is 0 Å². The van der Waals surface area contributed by atoms with Crippen LogP contribution in [0.15, 0.2) is 0 Å². The van der Waals surface area contributed by atoms with E-state index in [1.165, 1.54) is 6.92 Å². The van der Waals surface area contributed by atoms with Crippen LogP contribution >= 0.6 is 0 Å². The minimum absolute atomic E-state index is 0.342. The van der Waals surface area contributed by atoms with Crippen molar-refractivity contribution in [1.82, 2.24) is 16.0 Å². The van der Waals surface area contributed by atoms with E-state index < -0.39 is 72.6 Å². The standard InChI is InChI=1S/C18H30N4O9/c1-4-8(2)14(18(30)31)22-15(27)9(3)20-17(29)11(5-6-12(23)24)21-16(28)10(19)7-13(25)26/h8-11,14H,4-7,19H2,1-3H3,(H,20,29)(H,21,28)(H,22,27)(H,23,24)(H,25,26)(H,30,31). The Morgan fingerprint density at radius 2 is 1.42 bits per heavy atom.